The SMILES string of the molecule is CC1CN(S(=O)(=O)CCNS(=O)(=O)c2ccc(Cl)cc2)CCO1. The van der Waals surface area contributed by atoms with Gasteiger partial charge in [0.25, 0.3) is 0 Å². The standard InChI is InChI=1S/C13H19ClN2O5S2/c1-11-10-16(7-8-21-11)22(17,18)9-6-15-23(19,20)13-4-2-12(14)3-5-13/h2-5,11,15H,6-10H2,1H3. The Hall–Kier alpha value is -0.710. The quantitative estimate of drug-likeness (QED) is 0.780. The maximum absolute atomic E-state index is 12.2. The Morgan fingerprint density at radius 1 is 1.26 bits per heavy atom. The minimum atomic E-state index is -3.76. The van der Waals surface area contributed by atoms with Gasteiger partial charge in [-0.3, -0.25) is 0 Å². The molecule has 0 saturated carbocycles. The Morgan fingerprint density at radius 3 is 2.52 bits per heavy atom. The lowest BCUT2D eigenvalue weighted by molar-refractivity contribution is 0.0102. The molecule has 7 nitrogen and oxygen atoms in total. The molecule has 1 N–H and O–H groups in total. The first-order valence-corrected chi connectivity index (χ1v) is 10.5. The monoisotopic (exact) mass is 382 g/mol. The third-order valence-electron chi connectivity index (χ3n) is 3.37. The number of morpholine rings is 1. The summed E-state index contributed by atoms with van der Waals surface area (Å²) in [4.78, 5) is 0.0410. The molecule has 0 aliphatic carbocycles. The fraction of sp³-hybridized carbons (Fsp3) is 0.538. The highest BCUT2D eigenvalue weighted by Gasteiger charge is 2.27. The summed E-state index contributed by atoms with van der Waals surface area (Å²) in [5.41, 5.74) is 0. The highest BCUT2D eigenvalue weighted by molar-refractivity contribution is 7.90. The maximum Gasteiger partial charge on any atom is 0.240 e. The molecule has 0 aromatic heterocycles. The van der Waals surface area contributed by atoms with Gasteiger partial charge in [0.15, 0.2) is 0 Å². The summed E-state index contributed by atoms with van der Waals surface area (Å²) in [6, 6.07) is 5.65. The molecule has 1 aromatic carbocycles. The lowest BCUT2D eigenvalue weighted by Crippen LogP contribution is -2.46. The maximum atomic E-state index is 12.2. The van der Waals surface area contributed by atoms with Crippen molar-refractivity contribution in [2.24, 2.45) is 0 Å². The molecule has 130 valence electrons. The van der Waals surface area contributed by atoms with Gasteiger partial charge < -0.3 is 4.74 Å². The second-order valence-electron chi connectivity index (χ2n) is 5.21. The van der Waals surface area contributed by atoms with Crippen LogP contribution in [0, 0.1) is 0 Å². The van der Waals surface area contributed by atoms with E-state index in [9.17, 15) is 16.8 Å². The van der Waals surface area contributed by atoms with Gasteiger partial charge in [-0.25, -0.2) is 21.6 Å². The molecular formula is C13H19ClN2O5S2. The van der Waals surface area contributed by atoms with Crippen LogP contribution in [0.4, 0.5) is 0 Å². The van der Waals surface area contributed by atoms with E-state index in [2.05, 4.69) is 4.72 Å². The fourth-order valence-corrected chi connectivity index (χ4v) is 4.87. The van der Waals surface area contributed by atoms with Crippen LogP contribution in [-0.2, 0) is 24.8 Å². The van der Waals surface area contributed by atoms with Gasteiger partial charge >= 0.3 is 0 Å². The Kier molecular flexibility index (Phi) is 6.04. The Morgan fingerprint density at radius 2 is 1.91 bits per heavy atom. The van der Waals surface area contributed by atoms with E-state index in [0.717, 1.165) is 0 Å². The molecule has 1 atom stereocenters. The number of hydrogen-bond donors (Lipinski definition) is 1. The molecule has 1 saturated heterocycles. The summed E-state index contributed by atoms with van der Waals surface area (Å²) in [6.45, 7) is 2.52. The Balaban J connectivity index is 1.94. The van der Waals surface area contributed by atoms with Gasteiger partial charge in [0.05, 0.1) is 23.4 Å². The number of rotatable bonds is 6. The number of nitrogens with zero attached hydrogens (tertiary/aromatic N) is 1. The van der Waals surface area contributed by atoms with Crippen molar-refractivity contribution in [3.63, 3.8) is 0 Å². The van der Waals surface area contributed by atoms with E-state index in [1.807, 2.05) is 0 Å². The number of halogens is 1. The van der Waals surface area contributed by atoms with E-state index in [0.29, 0.717) is 11.6 Å². The van der Waals surface area contributed by atoms with Crippen LogP contribution < -0.4 is 4.72 Å². The third-order valence-corrected chi connectivity index (χ3v) is 6.94. The molecule has 0 radical (unpaired) electrons. The van der Waals surface area contributed by atoms with E-state index in [-0.39, 0.29) is 36.4 Å². The topological polar surface area (TPSA) is 92.8 Å². The average molecular weight is 383 g/mol. The van der Waals surface area contributed by atoms with E-state index in [1.54, 1.807) is 6.92 Å². The second-order valence-corrected chi connectivity index (χ2v) is 9.50. The van der Waals surface area contributed by atoms with Crippen molar-refractivity contribution in [2.45, 2.75) is 17.9 Å². The molecular weight excluding hydrogens is 364 g/mol. The Bertz CT molecular complexity index is 734. The van der Waals surface area contributed by atoms with Crippen LogP contribution in [0.25, 0.3) is 0 Å². The molecule has 0 amide bonds. The number of sulfonamides is 2. The molecule has 0 spiro atoms. The van der Waals surface area contributed by atoms with E-state index >= 15 is 0 Å². The summed E-state index contributed by atoms with van der Waals surface area (Å²) in [5, 5.41) is 0.424. The lowest BCUT2D eigenvalue weighted by atomic mass is 10.3. The zero-order chi connectivity index (χ0) is 17.1. The van der Waals surface area contributed by atoms with Crippen molar-refractivity contribution >= 4 is 31.6 Å². The number of benzene rings is 1. The summed E-state index contributed by atoms with van der Waals surface area (Å²) in [7, 11) is -7.28. The first-order valence-electron chi connectivity index (χ1n) is 7.05. The van der Waals surface area contributed by atoms with Crippen molar-refractivity contribution in [3.8, 4) is 0 Å². The van der Waals surface area contributed by atoms with Crippen molar-refractivity contribution in [3.05, 3.63) is 29.3 Å². The van der Waals surface area contributed by atoms with Gasteiger partial charge in [-0.1, -0.05) is 11.6 Å². The van der Waals surface area contributed by atoms with Crippen LogP contribution in [-0.4, -0.2) is 59.2 Å². The summed E-state index contributed by atoms with van der Waals surface area (Å²) in [5.74, 6) is -0.299. The number of hydrogen-bond acceptors (Lipinski definition) is 5. The van der Waals surface area contributed by atoms with Crippen molar-refractivity contribution in [1.82, 2.24) is 9.03 Å². The van der Waals surface area contributed by atoms with Gasteiger partial charge in [0, 0.05) is 24.7 Å². The molecule has 1 aliphatic heterocycles. The highest BCUT2D eigenvalue weighted by Crippen LogP contribution is 2.14. The summed E-state index contributed by atoms with van der Waals surface area (Å²) < 4.78 is 57.5. The van der Waals surface area contributed by atoms with Crippen molar-refractivity contribution < 1.29 is 21.6 Å². The molecule has 1 aromatic rings. The molecule has 0 bridgehead atoms. The smallest absolute Gasteiger partial charge is 0.240 e. The lowest BCUT2D eigenvalue weighted by Gasteiger charge is -2.30. The largest absolute Gasteiger partial charge is 0.376 e. The number of nitrogens with one attached hydrogen (secondary N) is 1. The van der Waals surface area contributed by atoms with E-state index in [1.165, 1.54) is 28.6 Å². The summed E-state index contributed by atoms with van der Waals surface area (Å²) in [6.07, 6.45) is -0.163. The van der Waals surface area contributed by atoms with Crippen molar-refractivity contribution in [2.75, 3.05) is 32.0 Å². The highest BCUT2D eigenvalue weighted by atomic mass is 35.5. The predicted octanol–water partition coefficient (Wildman–Crippen LogP) is 0.669. The third kappa shape index (κ3) is 5.13. The fourth-order valence-electron chi connectivity index (χ4n) is 2.17. The summed E-state index contributed by atoms with van der Waals surface area (Å²) >= 11 is 5.71. The number of ether oxygens (including phenoxy) is 1. The van der Waals surface area contributed by atoms with Crippen LogP contribution in [0.15, 0.2) is 29.2 Å². The first-order chi connectivity index (χ1) is 10.7. The van der Waals surface area contributed by atoms with Gasteiger partial charge in [0.1, 0.15) is 0 Å². The second kappa shape index (κ2) is 7.45. The normalized spacial score (nSPS) is 20.5. The van der Waals surface area contributed by atoms with E-state index < -0.39 is 20.0 Å². The van der Waals surface area contributed by atoms with Crippen LogP contribution in [0.5, 0.6) is 0 Å². The van der Waals surface area contributed by atoms with E-state index in [4.69, 9.17) is 16.3 Å². The molecule has 1 fully saturated rings. The molecule has 1 unspecified atom stereocenters. The van der Waals surface area contributed by atoms with Gasteiger partial charge in [-0.15, -0.1) is 0 Å². The van der Waals surface area contributed by atoms with Gasteiger partial charge in [-0.2, -0.15) is 4.31 Å². The zero-order valence-corrected chi connectivity index (χ0v) is 15.0. The van der Waals surface area contributed by atoms with Crippen LogP contribution in [0.2, 0.25) is 5.02 Å². The van der Waals surface area contributed by atoms with Crippen LogP contribution in [0.3, 0.4) is 0 Å². The van der Waals surface area contributed by atoms with Gasteiger partial charge in [0.2, 0.25) is 20.0 Å². The molecule has 2 rings (SSSR count). The minimum absolute atomic E-state index is 0.0410. The average Bonchev–Trinajstić information content (AvgIpc) is 2.47. The molecule has 10 heteroatoms. The first kappa shape index (κ1) is 18.6. The van der Waals surface area contributed by atoms with Crippen molar-refractivity contribution in [1.29, 1.82) is 0 Å². The van der Waals surface area contributed by atoms with Gasteiger partial charge in [-0.05, 0) is 31.2 Å². The van der Waals surface area contributed by atoms with Crippen LogP contribution >= 0.6 is 11.6 Å². The molecule has 1 aliphatic rings. The molecule has 23 heavy (non-hydrogen) atoms. The van der Waals surface area contributed by atoms with Crippen LogP contribution in [0.1, 0.15) is 6.92 Å². The zero-order valence-electron chi connectivity index (χ0n) is 12.6. The molecule has 1 heterocycles. The minimum Gasteiger partial charge on any atom is -0.376 e. The Labute approximate surface area is 141 Å². The predicted molar refractivity (Wildman–Crippen MR) is 87.4 cm³/mol.